The molecular formula is C14H20N4O2. The van der Waals surface area contributed by atoms with Crippen molar-refractivity contribution in [3.05, 3.63) is 12.5 Å². The molecule has 6 heteroatoms. The van der Waals surface area contributed by atoms with Crippen molar-refractivity contribution in [2.75, 3.05) is 29.9 Å². The predicted octanol–water partition coefficient (Wildman–Crippen LogP) is 1.44. The Labute approximate surface area is 118 Å². The van der Waals surface area contributed by atoms with Gasteiger partial charge in [0.25, 0.3) is 5.91 Å². The largest absolute Gasteiger partial charge is 0.368 e. The van der Waals surface area contributed by atoms with E-state index in [4.69, 9.17) is 4.74 Å². The molecule has 2 saturated heterocycles. The first-order valence-corrected chi connectivity index (χ1v) is 7.23. The van der Waals surface area contributed by atoms with Crippen LogP contribution in [0.25, 0.3) is 0 Å². The van der Waals surface area contributed by atoms with Crippen molar-refractivity contribution in [1.82, 2.24) is 9.97 Å². The zero-order chi connectivity index (χ0) is 13.9. The molecule has 1 aromatic rings. The fourth-order valence-electron chi connectivity index (χ4n) is 2.83. The highest BCUT2D eigenvalue weighted by Gasteiger charge is 2.31. The zero-order valence-corrected chi connectivity index (χ0v) is 11.7. The lowest BCUT2D eigenvalue weighted by atomic mass is 10.0. The van der Waals surface area contributed by atoms with Crippen LogP contribution in [0.2, 0.25) is 0 Å². The summed E-state index contributed by atoms with van der Waals surface area (Å²) in [6, 6.07) is 0. The highest BCUT2D eigenvalue weighted by molar-refractivity contribution is 5.96. The van der Waals surface area contributed by atoms with E-state index in [1.54, 1.807) is 6.20 Å². The normalized spacial score (nSPS) is 25.9. The van der Waals surface area contributed by atoms with Crippen LogP contribution in [0.4, 0.5) is 11.5 Å². The van der Waals surface area contributed by atoms with E-state index in [2.05, 4.69) is 20.2 Å². The highest BCUT2D eigenvalue weighted by Crippen LogP contribution is 2.27. The van der Waals surface area contributed by atoms with Crippen LogP contribution in [-0.4, -0.2) is 41.7 Å². The molecule has 1 aromatic heterocycles. The molecule has 1 amide bonds. The number of hydrogen-bond acceptors (Lipinski definition) is 5. The first kappa shape index (κ1) is 13.3. The predicted molar refractivity (Wildman–Crippen MR) is 75.6 cm³/mol. The van der Waals surface area contributed by atoms with Crippen molar-refractivity contribution in [3.63, 3.8) is 0 Å². The molecule has 3 rings (SSSR count). The third-order valence-electron chi connectivity index (χ3n) is 4.00. The van der Waals surface area contributed by atoms with Crippen LogP contribution >= 0.6 is 0 Å². The quantitative estimate of drug-likeness (QED) is 0.905. The minimum atomic E-state index is -0.360. The fraction of sp³-hybridized carbons (Fsp3) is 0.643. The third-order valence-corrected chi connectivity index (χ3v) is 4.00. The molecule has 0 radical (unpaired) electrons. The molecule has 0 bridgehead atoms. The standard InChI is InChI=1S/C14H20N4O2/c1-10-4-7-20-12(10)14(19)17-11-8-15-9-16-13(11)18-5-2-3-6-18/h8-10,12H,2-7H2,1H3,(H,17,19)/t10-,12-/m1/s1. The van der Waals surface area contributed by atoms with Gasteiger partial charge in [-0.2, -0.15) is 0 Å². The summed E-state index contributed by atoms with van der Waals surface area (Å²) in [5.74, 6) is 0.983. The zero-order valence-electron chi connectivity index (χ0n) is 11.7. The molecule has 2 fully saturated rings. The number of aromatic nitrogens is 2. The van der Waals surface area contributed by atoms with Gasteiger partial charge in [0.15, 0.2) is 5.82 Å². The Balaban J connectivity index is 1.75. The number of nitrogens with one attached hydrogen (secondary N) is 1. The molecule has 6 nitrogen and oxygen atoms in total. The molecule has 2 atom stereocenters. The minimum Gasteiger partial charge on any atom is -0.368 e. The molecule has 20 heavy (non-hydrogen) atoms. The van der Waals surface area contributed by atoms with E-state index in [0.29, 0.717) is 12.3 Å². The van der Waals surface area contributed by atoms with Gasteiger partial charge in [0.1, 0.15) is 18.1 Å². The van der Waals surface area contributed by atoms with Gasteiger partial charge in [0.05, 0.1) is 6.20 Å². The van der Waals surface area contributed by atoms with Gasteiger partial charge in [0.2, 0.25) is 0 Å². The number of carbonyl (C=O) groups excluding carboxylic acids is 1. The second-order valence-electron chi connectivity index (χ2n) is 5.50. The maximum atomic E-state index is 12.3. The van der Waals surface area contributed by atoms with Crippen LogP contribution in [0.3, 0.4) is 0 Å². The number of rotatable bonds is 3. The number of amides is 1. The number of carbonyl (C=O) groups is 1. The van der Waals surface area contributed by atoms with Crippen molar-refractivity contribution in [2.45, 2.75) is 32.3 Å². The Bertz CT molecular complexity index is 488. The molecule has 0 spiro atoms. The molecule has 108 valence electrons. The first-order chi connectivity index (χ1) is 9.75. The van der Waals surface area contributed by atoms with Crippen LogP contribution in [0.15, 0.2) is 12.5 Å². The second-order valence-corrected chi connectivity index (χ2v) is 5.50. The SMILES string of the molecule is C[C@@H]1CCO[C@H]1C(=O)Nc1cncnc1N1CCCC1. The number of anilines is 2. The highest BCUT2D eigenvalue weighted by atomic mass is 16.5. The van der Waals surface area contributed by atoms with Crippen molar-refractivity contribution in [3.8, 4) is 0 Å². The molecule has 3 heterocycles. The molecule has 0 aromatic carbocycles. The van der Waals surface area contributed by atoms with E-state index in [9.17, 15) is 4.79 Å². The smallest absolute Gasteiger partial charge is 0.253 e. The van der Waals surface area contributed by atoms with Gasteiger partial charge >= 0.3 is 0 Å². The van der Waals surface area contributed by atoms with Gasteiger partial charge in [0, 0.05) is 19.7 Å². The molecule has 0 aliphatic carbocycles. The fourth-order valence-corrected chi connectivity index (χ4v) is 2.83. The molecule has 0 unspecified atom stereocenters. The van der Waals surface area contributed by atoms with Crippen molar-refractivity contribution in [2.24, 2.45) is 5.92 Å². The van der Waals surface area contributed by atoms with Crippen LogP contribution in [0.1, 0.15) is 26.2 Å². The summed E-state index contributed by atoms with van der Waals surface area (Å²) in [5, 5.41) is 2.93. The summed E-state index contributed by atoms with van der Waals surface area (Å²) in [6.45, 7) is 4.66. The van der Waals surface area contributed by atoms with Gasteiger partial charge in [-0.1, -0.05) is 6.92 Å². The molecule has 0 saturated carbocycles. The van der Waals surface area contributed by atoms with Gasteiger partial charge in [-0.05, 0) is 25.2 Å². The summed E-state index contributed by atoms with van der Waals surface area (Å²) < 4.78 is 5.50. The molecule has 2 aliphatic heterocycles. The third kappa shape index (κ3) is 2.60. The molecular weight excluding hydrogens is 256 g/mol. The van der Waals surface area contributed by atoms with Crippen molar-refractivity contribution in [1.29, 1.82) is 0 Å². The summed E-state index contributed by atoms with van der Waals surface area (Å²) in [4.78, 5) is 22.8. The summed E-state index contributed by atoms with van der Waals surface area (Å²) >= 11 is 0. The number of nitrogens with zero attached hydrogens (tertiary/aromatic N) is 3. The van der Waals surface area contributed by atoms with Crippen molar-refractivity contribution < 1.29 is 9.53 Å². The summed E-state index contributed by atoms with van der Waals surface area (Å²) in [5.41, 5.74) is 0.683. The molecule has 2 aliphatic rings. The Morgan fingerprint density at radius 2 is 2.25 bits per heavy atom. The Kier molecular flexibility index (Phi) is 3.82. The van der Waals surface area contributed by atoms with Crippen molar-refractivity contribution >= 4 is 17.4 Å². The van der Waals surface area contributed by atoms with E-state index in [-0.39, 0.29) is 17.9 Å². The second kappa shape index (κ2) is 5.75. The molecule has 1 N–H and O–H groups in total. The summed E-state index contributed by atoms with van der Waals surface area (Å²) in [7, 11) is 0. The lowest BCUT2D eigenvalue weighted by molar-refractivity contribution is -0.126. The first-order valence-electron chi connectivity index (χ1n) is 7.23. The minimum absolute atomic E-state index is 0.0924. The van der Waals surface area contributed by atoms with Gasteiger partial charge < -0.3 is 15.0 Å². The lowest BCUT2D eigenvalue weighted by Crippen LogP contribution is -2.32. The van der Waals surface area contributed by atoms with Crippen LogP contribution in [0.5, 0.6) is 0 Å². The summed E-state index contributed by atoms with van der Waals surface area (Å²) in [6.07, 6.45) is 6.10. The van der Waals surface area contributed by atoms with E-state index in [1.165, 1.54) is 19.2 Å². The van der Waals surface area contributed by atoms with E-state index in [0.717, 1.165) is 25.3 Å². The number of hydrogen-bond donors (Lipinski definition) is 1. The van der Waals surface area contributed by atoms with E-state index < -0.39 is 0 Å². The topological polar surface area (TPSA) is 67.3 Å². The average Bonchev–Trinajstić information content (AvgIpc) is 3.10. The van der Waals surface area contributed by atoms with Gasteiger partial charge in [-0.15, -0.1) is 0 Å². The monoisotopic (exact) mass is 276 g/mol. The Morgan fingerprint density at radius 1 is 1.45 bits per heavy atom. The maximum absolute atomic E-state index is 12.3. The van der Waals surface area contributed by atoms with Crippen LogP contribution in [-0.2, 0) is 9.53 Å². The Hall–Kier alpha value is -1.69. The van der Waals surface area contributed by atoms with Gasteiger partial charge in [-0.25, -0.2) is 9.97 Å². The Morgan fingerprint density at radius 3 is 2.95 bits per heavy atom. The number of ether oxygens (including phenoxy) is 1. The average molecular weight is 276 g/mol. The van der Waals surface area contributed by atoms with Crippen LogP contribution < -0.4 is 10.2 Å². The maximum Gasteiger partial charge on any atom is 0.253 e. The lowest BCUT2D eigenvalue weighted by Gasteiger charge is -2.21. The van der Waals surface area contributed by atoms with E-state index in [1.807, 2.05) is 6.92 Å². The van der Waals surface area contributed by atoms with Gasteiger partial charge in [-0.3, -0.25) is 4.79 Å². The van der Waals surface area contributed by atoms with E-state index >= 15 is 0 Å². The van der Waals surface area contributed by atoms with Crippen LogP contribution in [0, 0.1) is 5.92 Å².